The maximum atomic E-state index is 12.0. The van der Waals surface area contributed by atoms with E-state index >= 15 is 0 Å². The van der Waals surface area contributed by atoms with Crippen LogP contribution in [0.2, 0.25) is 41.3 Å². The van der Waals surface area contributed by atoms with Gasteiger partial charge in [0.2, 0.25) is 0 Å². The summed E-state index contributed by atoms with van der Waals surface area (Å²) >= 11 is 0. The minimum absolute atomic E-state index is 0.110. The second-order valence-electron chi connectivity index (χ2n) is 9.29. The van der Waals surface area contributed by atoms with E-state index in [9.17, 15) is 4.79 Å². The van der Waals surface area contributed by atoms with Crippen LogP contribution in [0.15, 0.2) is 12.7 Å². The zero-order valence-corrected chi connectivity index (χ0v) is 17.9. The number of aldehydes is 1. The summed E-state index contributed by atoms with van der Waals surface area (Å²) in [6.07, 6.45) is 2.95. The molecule has 21 heavy (non-hydrogen) atoms. The van der Waals surface area contributed by atoms with E-state index in [1.807, 2.05) is 6.08 Å². The van der Waals surface area contributed by atoms with E-state index in [2.05, 4.69) is 74.3 Å². The molecule has 1 atom stereocenters. The molecular weight excluding hydrogens is 292 g/mol. The first kappa shape index (κ1) is 20.8. The molecule has 0 amide bonds. The summed E-state index contributed by atoms with van der Waals surface area (Å²) in [5, 5.41) is -0.268. The third kappa shape index (κ3) is 3.96. The maximum Gasteiger partial charge on any atom is 0.192 e. The zero-order valence-electron chi connectivity index (χ0n) is 15.9. The molecule has 1 unspecified atom stereocenters. The van der Waals surface area contributed by atoms with Crippen molar-refractivity contribution in [2.75, 3.05) is 6.61 Å². The summed E-state index contributed by atoms with van der Waals surface area (Å²) in [5.41, 5.74) is 0. The van der Waals surface area contributed by atoms with Crippen molar-refractivity contribution < 1.29 is 9.22 Å². The van der Waals surface area contributed by atoms with Crippen LogP contribution in [0, 0.1) is 0 Å². The second kappa shape index (κ2) is 6.13. The molecule has 0 N–H and O–H groups in total. The maximum absolute atomic E-state index is 12.0. The Bertz CT molecular complexity index is 377. The van der Waals surface area contributed by atoms with E-state index in [4.69, 9.17) is 4.43 Å². The fourth-order valence-corrected chi connectivity index (χ4v) is 5.75. The van der Waals surface area contributed by atoms with Crippen LogP contribution >= 0.6 is 0 Å². The fraction of sp³-hybridized carbons (Fsp3) is 0.824. The number of hydrogen-bond acceptors (Lipinski definition) is 2. The first-order valence-corrected chi connectivity index (χ1v) is 13.7. The van der Waals surface area contributed by atoms with Crippen molar-refractivity contribution in [3.8, 4) is 0 Å². The Hall–Kier alpha value is -0.196. The fourth-order valence-electron chi connectivity index (χ4n) is 1.94. The molecule has 0 aromatic rings. The minimum atomic E-state index is -1.93. The van der Waals surface area contributed by atoms with Crippen LogP contribution in [-0.2, 0) is 9.22 Å². The molecule has 0 aliphatic carbocycles. The lowest BCUT2D eigenvalue weighted by molar-refractivity contribution is -0.110. The van der Waals surface area contributed by atoms with Crippen molar-refractivity contribution in [2.45, 2.75) is 82.8 Å². The van der Waals surface area contributed by atoms with Crippen LogP contribution in [0.4, 0.5) is 0 Å². The van der Waals surface area contributed by atoms with Gasteiger partial charge in [-0.25, -0.2) is 0 Å². The van der Waals surface area contributed by atoms with E-state index < -0.39 is 21.4 Å². The van der Waals surface area contributed by atoms with Crippen molar-refractivity contribution in [3.05, 3.63) is 12.7 Å². The zero-order chi connectivity index (χ0) is 17.3. The van der Waals surface area contributed by atoms with Gasteiger partial charge in [-0.3, -0.25) is 0 Å². The first-order valence-electron chi connectivity index (χ1n) is 7.82. The van der Waals surface area contributed by atoms with E-state index in [1.165, 1.54) is 0 Å². The van der Waals surface area contributed by atoms with Gasteiger partial charge in [0.25, 0.3) is 0 Å². The van der Waals surface area contributed by atoms with Gasteiger partial charge in [0, 0.05) is 6.61 Å². The standard InChI is InChI=1S/C17H36O2Si2/c1-12-17(13-18,20(8,9)15(2,3)4)14-19-21(10,11)16(5,6)7/h12-13H,1,14H2,2-11H3. The van der Waals surface area contributed by atoms with Crippen molar-refractivity contribution in [2.24, 2.45) is 0 Å². The highest BCUT2D eigenvalue weighted by molar-refractivity contribution is 6.86. The molecule has 0 rings (SSSR count). The molecule has 0 bridgehead atoms. The van der Waals surface area contributed by atoms with Gasteiger partial charge in [-0.2, -0.15) is 0 Å². The van der Waals surface area contributed by atoms with Crippen molar-refractivity contribution in [3.63, 3.8) is 0 Å². The summed E-state index contributed by atoms with van der Waals surface area (Å²) in [6.45, 7) is 26.8. The molecule has 0 aliphatic rings. The van der Waals surface area contributed by atoms with E-state index in [0.29, 0.717) is 6.61 Å². The van der Waals surface area contributed by atoms with Gasteiger partial charge in [0.1, 0.15) is 6.29 Å². The highest BCUT2D eigenvalue weighted by atomic mass is 28.4. The van der Waals surface area contributed by atoms with Gasteiger partial charge in [0.15, 0.2) is 8.32 Å². The lowest BCUT2D eigenvalue weighted by Crippen LogP contribution is -2.54. The molecule has 0 spiro atoms. The molecule has 0 heterocycles. The second-order valence-corrected chi connectivity index (χ2v) is 19.8. The van der Waals surface area contributed by atoms with Gasteiger partial charge in [0.05, 0.1) is 13.1 Å². The normalized spacial score (nSPS) is 17.2. The molecule has 0 saturated carbocycles. The largest absolute Gasteiger partial charge is 0.416 e. The van der Waals surface area contributed by atoms with Crippen LogP contribution in [0.25, 0.3) is 0 Å². The van der Waals surface area contributed by atoms with Gasteiger partial charge in [-0.05, 0) is 23.2 Å². The summed E-state index contributed by atoms with van der Waals surface area (Å²) in [6, 6.07) is 0. The quantitative estimate of drug-likeness (QED) is 0.358. The monoisotopic (exact) mass is 328 g/mol. The highest BCUT2D eigenvalue weighted by Crippen LogP contribution is 2.52. The first-order chi connectivity index (χ1) is 9.08. The van der Waals surface area contributed by atoms with Crippen LogP contribution in [-0.4, -0.2) is 29.3 Å². The van der Waals surface area contributed by atoms with Crippen LogP contribution < -0.4 is 0 Å². The van der Waals surface area contributed by atoms with Crippen LogP contribution in [0.5, 0.6) is 0 Å². The molecule has 0 aliphatic heterocycles. The Morgan fingerprint density at radius 3 is 1.62 bits per heavy atom. The summed E-state index contributed by atoms with van der Waals surface area (Å²) in [4.78, 5) is 12.0. The van der Waals surface area contributed by atoms with Gasteiger partial charge in [-0.1, -0.05) is 60.7 Å². The van der Waals surface area contributed by atoms with Crippen LogP contribution in [0.3, 0.4) is 0 Å². The van der Waals surface area contributed by atoms with E-state index in [1.54, 1.807) is 0 Å². The lowest BCUT2D eigenvalue weighted by atomic mass is 10.2. The summed E-state index contributed by atoms with van der Waals surface area (Å²) in [7, 11) is -3.80. The van der Waals surface area contributed by atoms with Gasteiger partial charge >= 0.3 is 0 Å². The third-order valence-corrected chi connectivity index (χ3v) is 17.1. The minimum Gasteiger partial charge on any atom is -0.416 e. The molecular formula is C17H36O2Si2. The third-order valence-electron chi connectivity index (χ3n) is 6.09. The van der Waals surface area contributed by atoms with Gasteiger partial charge < -0.3 is 9.22 Å². The van der Waals surface area contributed by atoms with Crippen molar-refractivity contribution in [1.82, 2.24) is 0 Å². The Kier molecular flexibility index (Phi) is 6.07. The lowest BCUT2D eigenvalue weighted by Gasteiger charge is -2.49. The molecule has 0 aromatic heterocycles. The van der Waals surface area contributed by atoms with Crippen LogP contribution in [0.1, 0.15) is 41.5 Å². The van der Waals surface area contributed by atoms with Crippen molar-refractivity contribution >= 4 is 22.7 Å². The highest BCUT2D eigenvalue weighted by Gasteiger charge is 2.53. The Morgan fingerprint density at radius 1 is 0.952 bits per heavy atom. The number of hydrogen-bond donors (Lipinski definition) is 0. The number of rotatable bonds is 6. The molecule has 4 heteroatoms. The average molecular weight is 329 g/mol. The van der Waals surface area contributed by atoms with E-state index in [0.717, 1.165) is 6.29 Å². The molecule has 0 saturated heterocycles. The number of carbonyl (C=O) groups excluding carboxylic acids is 1. The SMILES string of the molecule is C=CC(C=O)(CO[Si](C)(C)C(C)(C)C)[Si](C)(C)C(C)(C)C. The Labute approximate surface area is 134 Å². The topological polar surface area (TPSA) is 26.3 Å². The van der Waals surface area contributed by atoms with Gasteiger partial charge in [-0.15, -0.1) is 6.58 Å². The predicted octanol–water partition coefficient (Wildman–Crippen LogP) is 5.64. The number of carbonyl (C=O) groups is 1. The molecule has 0 radical (unpaired) electrons. The smallest absolute Gasteiger partial charge is 0.192 e. The molecule has 0 fully saturated rings. The Morgan fingerprint density at radius 2 is 1.38 bits per heavy atom. The van der Waals surface area contributed by atoms with E-state index in [-0.39, 0.29) is 10.1 Å². The summed E-state index contributed by atoms with van der Waals surface area (Å²) < 4.78 is 6.39. The average Bonchev–Trinajstić information content (AvgIpc) is 2.27. The van der Waals surface area contributed by atoms with Crippen molar-refractivity contribution in [1.29, 1.82) is 0 Å². The predicted molar refractivity (Wildman–Crippen MR) is 99.3 cm³/mol. The molecule has 124 valence electrons. The molecule has 0 aromatic carbocycles. The Balaban J connectivity index is 5.56. The summed E-state index contributed by atoms with van der Waals surface area (Å²) in [5.74, 6) is 0. The molecule has 2 nitrogen and oxygen atoms in total.